The van der Waals surface area contributed by atoms with Crippen molar-refractivity contribution in [2.45, 2.75) is 13.3 Å². The Morgan fingerprint density at radius 3 is 2.60 bits per heavy atom. The lowest BCUT2D eigenvalue weighted by Crippen LogP contribution is -2.13. The van der Waals surface area contributed by atoms with Gasteiger partial charge in [-0.1, -0.05) is 30.7 Å². The van der Waals surface area contributed by atoms with Crippen molar-refractivity contribution in [3.8, 4) is 0 Å². The Kier molecular flexibility index (Phi) is 4.58. The van der Waals surface area contributed by atoms with Crippen LogP contribution in [0.1, 0.15) is 22.8 Å². The van der Waals surface area contributed by atoms with Crippen molar-refractivity contribution in [3.63, 3.8) is 0 Å². The van der Waals surface area contributed by atoms with Crippen molar-refractivity contribution in [2.24, 2.45) is 0 Å². The molecule has 0 bridgehead atoms. The summed E-state index contributed by atoms with van der Waals surface area (Å²) in [6.07, 6.45) is 2.43. The van der Waals surface area contributed by atoms with Gasteiger partial charge in [-0.15, -0.1) is 0 Å². The zero-order valence-corrected chi connectivity index (χ0v) is 12.2. The van der Waals surface area contributed by atoms with E-state index in [4.69, 9.17) is 11.6 Å². The first-order chi connectivity index (χ1) is 9.63. The van der Waals surface area contributed by atoms with E-state index in [9.17, 15) is 4.79 Å². The molecule has 1 heterocycles. The van der Waals surface area contributed by atoms with Crippen LogP contribution < -0.4 is 10.6 Å². The first kappa shape index (κ1) is 14.3. The van der Waals surface area contributed by atoms with Crippen LogP contribution in [-0.2, 0) is 6.42 Å². The number of aromatic nitrogens is 1. The van der Waals surface area contributed by atoms with Crippen LogP contribution in [0, 0.1) is 0 Å². The van der Waals surface area contributed by atoms with Crippen LogP contribution in [0.4, 0.5) is 11.5 Å². The van der Waals surface area contributed by atoms with E-state index in [2.05, 4.69) is 22.5 Å². The molecule has 0 atom stereocenters. The second-order valence-electron chi connectivity index (χ2n) is 4.30. The highest BCUT2D eigenvalue weighted by molar-refractivity contribution is 6.34. The fourth-order valence-corrected chi connectivity index (χ4v) is 1.96. The molecule has 1 aromatic carbocycles. The van der Waals surface area contributed by atoms with E-state index in [1.54, 1.807) is 13.1 Å². The van der Waals surface area contributed by atoms with Gasteiger partial charge < -0.3 is 10.6 Å². The third-order valence-corrected chi connectivity index (χ3v) is 3.28. The molecule has 4 nitrogen and oxygen atoms in total. The molecule has 5 heteroatoms. The molecule has 0 aliphatic heterocycles. The third kappa shape index (κ3) is 3.27. The number of carbonyl (C=O) groups is 1. The number of aryl methyl sites for hydroxylation is 1. The van der Waals surface area contributed by atoms with Crippen molar-refractivity contribution in [1.29, 1.82) is 0 Å². The van der Waals surface area contributed by atoms with Crippen molar-refractivity contribution in [1.82, 2.24) is 4.98 Å². The summed E-state index contributed by atoms with van der Waals surface area (Å²) in [5, 5.41) is 6.03. The molecular weight excluding hydrogens is 274 g/mol. The molecule has 0 aliphatic carbocycles. The molecule has 0 unspecified atom stereocenters. The van der Waals surface area contributed by atoms with Crippen LogP contribution in [0.15, 0.2) is 36.5 Å². The summed E-state index contributed by atoms with van der Waals surface area (Å²) in [5.74, 6) is 0.346. The van der Waals surface area contributed by atoms with Crippen molar-refractivity contribution >= 4 is 29.0 Å². The minimum Gasteiger partial charge on any atom is -0.373 e. The Hall–Kier alpha value is -2.07. The van der Waals surface area contributed by atoms with Gasteiger partial charge in [0.1, 0.15) is 5.82 Å². The Morgan fingerprint density at radius 1 is 1.30 bits per heavy atom. The molecule has 0 radical (unpaired) electrons. The number of halogens is 1. The highest BCUT2D eigenvalue weighted by Gasteiger charge is 2.12. The second-order valence-corrected chi connectivity index (χ2v) is 4.71. The van der Waals surface area contributed by atoms with Crippen LogP contribution in [0.3, 0.4) is 0 Å². The number of carbonyl (C=O) groups excluding carboxylic acids is 1. The minimum absolute atomic E-state index is 0.252. The number of benzene rings is 1. The van der Waals surface area contributed by atoms with E-state index in [0.717, 1.165) is 12.1 Å². The van der Waals surface area contributed by atoms with Gasteiger partial charge in [-0.05, 0) is 30.2 Å². The maximum absolute atomic E-state index is 12.2. The van der Waals surface area contributed by atoms with Gasteiger partial charge in [-0.3, -0.25) is 4.79 Å². The van der Waals surface area contributed by atoms with Crippen LogP contribution in [0.2, 0.25) is 5.02 Å². The summed E-state index contributed by atoms with van der Waals surface area (Å²) in [6.45, 7) is 2.09. The SMILES string of the molecule is CCc1ccc(NC(=O)c2cc(NC)ncc2Cl)cc1. The van der Waals surface area contributed by atoms with Gasteiger partial charge in [-0.2, -0.15) is 0 Å². The largest absolute Gasteiger partial charge is 0.373 e. The summed E-state index contributed by atoms with van der Waals surface area (Å²) in [5.41, 5.74) is 2.36. The maximum atomic E-state index is 12.2. The van der Waals surface area contributed by atoms with Gasteiger partial charge in [-0.25, -0.2) is 4.98 Å². The standard InChI is InChI=1S/C15H16ClN3O/c1-3-10-4-6-11(7-5-10)19-15(20)12-8-14(17-2)18-9-13(12)16/h4-9H,3H2,1-2H3,(H,17,18)(H,19,20). The summed E-state index contributed by atoms with van der Waals surface area (Å²) in [6, 6.07) is 9.36. The third-order valence-electron chi connectivity index (χ3n) is 2.98. The summed E-state index contributed by atoms with van der Waals surface area (Å²) >= 11 is 6.01. The van der Waals surface area contributed by atoms with Gasteiger partial charge in [0, 0.05) is 18.9 Å². The van der Waals surface area contributed by atoms with Gasteiger partial charge in [0.2, 0.25) is 0 Å². The highest BCUT2D eigenvalue weighted by atomic mass is 35.5. The van der Waals surface area contributed by atoms with E-state index in [1.165, 1.54) is 11.8 Å². The smallest absolute Gasteiger partial charge is 0.257 e. The monoisotopic (exact) mass is 289 g/mol. The Morgan fingerprint density at radius 2 is 2.00 bits per heavy atom. The average Bonchev–Trinajstić information content (AvgIpc) is 2.48. The molecule has 1 aromatic heterocycles. The molecule has 1 amide bonds. The molecule has 104 valence electrons. The average molecular weight is 290 g/mol. The first-order valence-corrected chi connectivity index (χ1v) is 6.75. The van der Waals surface area contributed by atoms with Gasteiger partial charge in [0.05, 0.1) is 10.6 Å². The molecule has 2 N–H and O–H groups in total. The minimum atomic E-state index is -0.252. The van der Waals surface area contributed by atoms with E-state index in [0.29, 0.717) is 16.4 Å². The van der Waals surface area contributed by atoms with Crippen molar-refractivity contribution < 1.29 is 4.79 Å². The maximum Gasteiger partial charge on any atom is 0.257 e. The molecule has 0 aliphatic rings. The number of anilines is 2. The summed E-state index contributed by atoms with van der Waals surface area (Å²) < 4.78 is 0. The fraction of sp³-hybridized carbons (Fsp3) is 0.200. The summed E-state index contributed by atoms with van der Waals surface area (Å²) in [7, 11) is 1.74. The van der Waals surface area contributed by atoms with Crippen LogP contribution in [0.25, 0.3) is 0 Å². The number of amides is 1. The Balaban J connectivity index is 2.18. The zero-order valence-electron chi connectivity index (χ0n) is 11.4. The van der Waals surface area contributed by atoms with Gasteiger partial charge in [0.25, 0.3) is 5.91 Å². The molecule has 2 aromatic rings. The predicted octanol–water partition coefficient (Wildman–Crippen LogP) is 3.59. The molecule has 2 rings (SSSR count). The Bertz CT molecular complexity index is 611. The summed E-state index contributed by atoms with van der Waals surface area (Å²) in [4.78, 5) is 16.3. The van der Waals surface area contributed by atoms with Gasteiger partial charge >= 0.3 is 0 Å². The number of nitrogens with zero attached hydrogens (tertiary/aromatic N) is 1. The lowest BCUT2D eigenvalue weighted by Gasteiger charge is -2.08. The van der Waals surface area contributed by atoms with E-state index in [-0.39, 0.29) is 5.91 Å². The lowest BCUT2D eigenvalue weighted by atomic mass is 10.1. The number of pyridine rings is 1. The van der Waals surface area contributed by atoms with Crippen molar-refractivity contribution in [2.75, 3.05) is 17.7 Å². The second kappa shape index (κ2) is 6.39. The van der Waals surface area contributed by atoms with E-state index < -0.39 is 0 Å². The topological polar surface area (TPSA) is 54.0 Å². The highest BCUT2D eigenvalue weighted by Crippen LogP contribution is 2.19. The molecule has 20 heavy (non-hydrogen) atoms. The Labute approximate surface area is 123 Å². The molecule has 0 saturated heterocycles. The predicted molar refractivity (Wildman–Crippen MR) is 82.6 cm³/mol. The van der Waals surface area contributed by atoms with E-state index >= 15 is 0 Å². The molecule has 0 fully saturated rings. The normalized spacial score (nSPS) is 10.2. The van der Waals surface area contributed by atoms with E-state index in [1.807, 2.05) is 24.3 Å². The first-order valence-electron chi connectivity index (χ1n) is 6.37. The van der Waals surface area contributed by atoms with Crippen LogP contribution in [0.5, 0.6) is 0 Å². The lowest BCUT2D eigenvalue weighted by molar-refractivity contribution is 0.102. The number of hydrogen-bond donors (Lipinski definition) is 2. The molecular formula is C15H16ClN3O. The molecule has 0 spiro atoms. The quantitative estimate of drug-likeness (QED) is 0.904. The fourth-order valence-electron chi connectivity index (χ4n) is 1.77. The van der Waals surface area contributed by atoms with Crippen LogP contribution in [-0.4, -0.2) is 17.9 Å². The van der Waals surface area contributed by atoms with Gasteiger partial charge in [0.15, 0.2) is 0 Å². The zero-order chi connectivity index (χ0) is 14.5. The molecule has 0 saturated carbocycles. The number of nitrogens with one attached hydrogen (secondary N) is 2. The number of rotatable bonds is 4. The van der Waals surface area contributed by atoms with Crippen molar-refractivity contribution in [3.05, 3.63) is 52.7 Å². The van der Waals surface area contributed by atoms with Crippen LogP contribution >= 0.6 is 11.6 Å². The number of hydrogen-bond acceptors (Lipinski definition) is 3.